The molecule has 1 aliphatic heterocycles. The highest BCUT2D eigenvalue weighted by atomic mass is 35.5. The Morgan fingerprint density at radius 1 is 1.23 bits per heavy atom. The molecular weight excluding hydrogens is 354 g/mol. The average Bonchev–Trinajstić information content (AvgIpc) is 3.12. The van der Waals surface area contributed by atoms with Gasteiger partial charge in [0.05, 0.1) is 12.6 Å². The quantitative estimate of drug-likeness (QED) is 0.855. The van der Waals surface area contributed by atoms with Crippen LogP contribution < -0.4 is 5.32 Å². The minimum absolute atomic E-state index is 0. The van der Waals surface area contributed by atoms with Crippen LogP contribution in [0.1, 0.15) is 24.4 Å². The number of carbonyl (C=O) groups excluding carboxylic acids is 1. The fourth-order valence-corrected chi connectivity index (χ4v) is 3.00. The highest BCUT2D eigenvalue weighted by Crippen LogP contribution is 2.23. The van der Waals surface area contributed by atoms with Crippen molar-refractivity contribution in [3.05, 3.63) is 35.7 Å². The van der Waals surface area contributed by atoms with E-state index in [2.05, 4.69) is 34.2 Å². The summed E-state index contributed by atoms with van der Waals surface area (Å²) in [7, 11) is 1.79. The van der Waals surface area contributed by atoms with Crippen molar-refractivity contribution in [3.63, 3.8) is 0 Å². The van der Waals surface area contributed by atoms with Crippen LogP contribution in [0, 0.1) is 6.92 Å². The van der Waals surface area contributed by atoms with Gasteiger partial charge in [-0.15, -0.1) is 12.4 Å². The van der Waals surface area contributed by atoms with Crippen molar-refractivity contribution in [2.24, 2.45) is 0 Å². The van der Waals surface area contributed by atoms with Crippen LogP contribution in [0.4, 0.5) is 0 Å². The molecule has 0 saturated carbocycles. The van der Waals surface area contributed by atoms with Crippen LogP contribution >= 0.6 is 12.4 Å². The van der Waals surface area contributed by atoms with E-state index < -0.39 is 0 Å². The Morgan fingerprint density at radius 3 is 2.50 bits per heavy atom. The number of aryl methyl sites for hydroxylation is 1. The van der Waals surface area contributed by atoms with Crippen molar-refractivity contribution in [1.82, 2.24) is 25.3 Å². The number of piperazine rings is 1. The molecule has 1 aromatic carbocycles. The summed E-state index contributed by atoms with van der Waals surface area (Å²) in [4.78, 5) is 20.7. The second kappa shape index (κ2) is 9.12. The molecule has 26 heavy (non-hydrogen) atoms. The second-order valence-corrected chi connectivity index (χ2v) is 6.45. The Balaban J connectivity index is 0.00000243. The second-order valence-electron chi connectivity index (χ2n) is 6.45. The Morgan fingerprint density at radius 2 is 1.88 bits per heavy atom. The number of rotatable bonds is 5. The van der Waals surface area contributed by atoms with E-state index in [4.69, 9.17) is 4.52 Å². The molecule has 0 bridgehead atoms. The molecule has 1 aliphatic rings. The van der Waals surface area contributed by atoms with Crippen molar-refractivity contribution in [2.75, 3.05) is 39.8 Å². The summed E-state index contributed by atoms with van der Waals surface area (Å²) in [6, 6.07) is 8.11. The molecule has 3 rings (SSSR count). The third-order valence-electron chi connectivity index (χ3n) is 4.65. The molecular formula is C18H26ClN5O2. The number of likely N-dealkylation sites (N-methyl/N-ethyl adjacent to an activating group) is 1. The Labute approximate surface area is 160 Å². The summed E-state index contributed by atoms with van der Waals surface area (Å²) >= 11 is 0. The first kappa shape index (κ1) is 20.4. The van der Waals surface area contributed by atoms with Gasteiger partial charge in [-0.25, -0.2) is 0 Å². The van der Waals surface area contributed by atoms with Gasteiger partial charge in [0.15, 0.2) is 0 Å². The summed E-state index contributed by atoms with van der Waals surface area (Å²) < 4.78 is 5.48. The number of nitrogens with zero attached hydrogens (tertiary/aromatic N) is 4. The van der Waals surface area contributed by atoms with Gasteiger partial charge in [0.2, 0.25) is 17.6 Å². The van der Waals surface area contributed by atoms with Crippen LogP contribution in [0.5, 0.6) is 0 Å². The van der Waals surface area contributed by atoms with E-state index in [-0.39, 0.29) is 24.4 Å². The smallest absolute Gasteiger partial charge is 0.244 e. The third-order valence-corrected chi connectivity index (χ3v) is 4.65. The van der Waals surface area contributed by atoms with Crippen molar-refractivity contribution >= 4 is 18.3 Å². The lowest BCUT2D eigenvalue weighted by Gasteiger charge is -2.36. The van der Waals surface area contributed by atoms with Crippen molar-refractivity contribution in [1.29, 1.82) is 0 Å². The van der Waals surface area contributed by atoms with Gasteiger partial charge in [0.25, 0.3) is 0 Å². The lowest BCUT2D eigenvalue weighted by atomic mass is 10.1. The predicted octanol–water partition coefficient (Wildman–Crippen LogP) is 1.89. The number of amides is 1. The average molecular weight is 380 g/mol. The van der Waals surface area contributed by atoms with Crippen LogP contribution in [-0.2, 0) is 4.79 Å². The highest BCUT2D eigenvalue weighted by molar-refractivity contribution is 5.85. The number of nitrogens with one attached hydrogen (secondary N) is 1. The molecule has 0 aliphatic carbocycles. The molecule has 1 amide bonds. The minimum atomic E-state index is 0. The lowest BCUT2D eigenvalue weighted by Crippen LogP contribution is -2.51. The molecule has 0 radical (unpaired) electrons. The summed E-state index contributed by atoms with van der Waals surface area (Å²) in [5.74, 6) is 1.38. The fourth-order valence-electron chi connectivity index (χ4n) is 3.00. The van der Waals surface area contributed by atoms with Crippen molar-refractivity contribution < 1.29 is 9.32 Å². The Kier molecular flexibility index (Phi) is 7.14. The zero-order chi connectivity index (χ0) is 17.8. The number of halogens is 1. The normalized spacial score (nSPS) is 16.2. The van der Waals surface area contributed by atoms with E-state index in [1.54, 1.807) is 7.05 Å². The van der Waals surface area contributed by atoms with E-state index in [0.29, 0.717) is 18.3 Å². The van der Waals surface area contributed by atoms with Gasteiger partial charge in [0, 0.05) is 31.7 Å². The lowest BCUT2D eigenvalue weighted by molar-refractivity contribution is -0.132. The SMILES string of the molecule is CNCC(=O)N1CCN(C(C)c2nc(-c3ccc(C)cc3)no2)CC1.Cl. The maximum Gasteiger partial charge on any atom is 0.244 e. The first-order valence-electron chi connectivity index (χ1n) is 8.65. The topological polar surface area (TPSA) is 74.5 Å². The van der Waals surface area contributed by atoms with Gasteiger partial charge in [0.1, 0.15) is 0 Å². The number of aromatic nitrogens is 2. The molecule has 1 fully saturated rings. The van der Waals surface area contributed by atoms with Crippen molar-refractivity contribution in [2.45, 2.75) is 19.9 Å². The molecule has 2 heterocycles. The van der Waals surface area contributed by atoms with Gasteiger partial charge in [-0.05, 0) is 20.9 Å². The molecule has 1 aromatic heterocycles. The molecule has 7 nitrogen and oxygen atoms in total. The van der Waals surface area contributed by atoms with Crippen LogP contribution in [-0.4, -0.2) is 65.6 Å². The molecule has 8 heteroatoms. The summed E-state index contributed by atoms with van der Waals surface area (Å²) in [5, 5.41) is 7.02. The van der Waals surface area contributed by atoms with E-state index >= 15 is 0 Å². The first-order valence-corrected chi connectivity index (χ1v) is 8.65. The standard InChI is InChI=1S/C18H25N5O2.ClH/c1-13-4-6-15(7-5-13)17-20-18(25-21-17)14(2)22-8-10-23(11-9-22)16(24)12-19-3;/h4-7,14,19H,8-12H2,1-3H3;1H. The monoisotopic (exact) mass is 379 g/mol. The number of hydrogen-bond acceptors (Lipinski definition) is 6. The van der Waals surface area contributed by atoms with E-state index in [1.165, 1.54) is 5.56 Å². The highest BCUT2D eigenvalue weighted by Gasteiger charge is 2.27. The van der Waals surface area contributed by atoms with E-state index in [1.807, 2.05) is 29.2 Å². The maximum atomic E-state index is 11.9. The predicted molar refractivity (Wildman–Crippen MR) is 102 cm³/mol. The zero-order valence-corrected chi connectivity index (χ0v) is 16.3. The Hall–Kier alpha value is -1.96. The summed E-state index contributed by atoms with van der Waals surface area (Å²) in [6.45, 7) is 7.57. The van der Waals surface area contributed by atoms with Crippen LogP contribution in [0.3, 0.4) is 0 Å². The molecule has 1 unspecified atom stereocenters. The minimum Gasteiger partial charge on any atom is -0.339 e. The number of carbonyl (C=O) groups is 1. The molecule has 2 aromatic rings. The Bertz CT molecular complexity index is 711. The largest absolute Gasteiger partial charge is 0.339 e. The zero-order valence-electron chi connectivity index (χ0n) is 15.4. The van der Waals surface area contributed by atoms with Gasteiger partial charge in [-0.2, -0.15) is 4.98 Å². The molecule has 142 valence electrons. The summed E-state index contributed by atoms with van der Waals surface area (Å²) in [6.07, 6.45) is 0. The van der Waals surface area contributed by atoms with Crippen LogP contribution in [0.2, 0.25) is 0 Å². The fraction of sp³-hybridized carbons (Fsp3) is 0.500. The molecule has 1 saturated heterocycles. The van der Waals surface area contributed by atoms with Gasteiger partial charge in [-0.3, -0.25) is 9.69 Å². The van der Waals surface area contributed by atoms with Crippen molar-refractivity contribution in [3.8, 4) is 11.4 Å². The van der Waals surface area contributed by atoms with Crippen LogP contribution in [0.25, 0.3) is 11.4 Å². The van der Waals surface area contributed by atoms with Gasteiger partial charge < -0.3 is 14.7 Å². The number of benzene rings is 1. The maximum absolute atomic E-state index is 11.9. The summed E-state index contributed by atoms with van der Waals surface area (Å²) in [5.41, 5.74) is 2.15. The molecule has 0 spiro atoms. The first-order chi connectivity index (χ1) is 12.1. The van der Waals surface area contributed by atoms with Gasteiger partial charge >= 0.3 is 0 Å². The van der Waals surface area contributed by atoms with Crippen LogP contribution in [0.15, 0.2) is 28.8 Å². The molecule has 1 atom stereocenters. The van der Waals surface area contributed by atoms with Gasteiger partial charge in [-0.1, -0.05) is 35.0 Å². The third kappa shape index (κ3) is 4.60. The van der Waals surface area contributed by atoms with E-state index in [9.17, 15) is 4.79 Å². The molecule has 1 N–H and O–H groups in total. The van der Waals surface area contributed by atoms with E-state index in [0.717, 1.165) is 31.7 Å². The number of hydrogen-bond donors (Lipinski definition) is 1.